The molecule has 150 valence electrons. The minimum atomic E-state index is -3.52. The number of likely N-dealkylation sites (tertiary alicyclic amines) is 1. The molecule has 28 heavy (non-hydrogen) atoms. The van der Waals surface area contributed by atoms with Crippen LogP contribution in [0.1, 0.15) is 30.2 Å². The van der Waals surface area contributed by atoms with E-state index in [1.807, 2.05) is 16.3 Å². The summed E-state index contributed by atoms with van der Waals surface area (Å²) in [5.41, 5.74) is 6.33. The van der Waals surface area contributed by atoms with Gasteiger partial charge in [0.05, 0.1) is 10.9 Å². The van der Waals surface area contributed by atoms with Crippen molar-refractivity contribution >= 4 is 27.3 Å². The van der Waals surface area contributed by atoms with E-state index in [9.17, 15) is 13.2 Å². The smallest absolute Gasteiger partial charge is 0.241 e. The minimum absolute atomic E-state index is 0.0796. The van der Waals surface area contributed by atoms with Gasteiger partial charge in [-0.3, -0.25) is 4.79 Å². The Labute approximate surface area is 169 Å². The number of hydrazine groups is 1. The van der Waals surface area contributed by atoms with Gasteiger partial charge in [-0.1, -0.05) is 24.3 Å². The second kappa shape index (κ2) is 8.30. The third-order valence-electron chi connectivity index (χ3n) is 5.27. The molecule has 2 unspecified atom stereocenters. The first-order valence-corrected chi connectivity index (χ1v) is 11.8. The van der Waals surface area contributed by atoms with E-state index >= 15 is 0 Å². The van der Waals surface area contributed by atoms with Gasteiger partial charge in [-0.25, -0.2) is 24.0 Å². The zero-order valence-corrected chi connectivity index (χ0v) is 17.0. The molecule has 1 amide bonds. The number of piperidine rings is 1. The van der Waals surface area contributed by atoms with E-state index in [1.54, 1.807) is 41.7 Å². The molecule has 0 bridgehead atoms. The van der Waals surface area contributed by atoms with E-state index < -0.39 is 10.0 Å². The molecule has 7 nitrogen and oxygen atoms in total. The van der Waals surface area contributed by atoms with Gasteiger partial charge < -0.3 is 4.90 Å². The monoisotopic (exact) mass is 420 g/mol. The van der Waals surface area contributed by atoms with E-state index in [1.165, 1.54) is 4.88 Å². The highest BCUT2D eigenvalue weighted by Gasteiger charge is 2.35. The Balaban J connectivity index is 1.29. The molecule has 0 radical (unpaired) electrons. The average Bonchev–Trinajstić information content (AvgIpc) is 3.40. The Morgan fingerprint density at radius 1 is 1.07 bits per heavy atom. The van der Waals surface area contributed by atoms with Crippen molar-refractivity contribution in [2.75, 3.05) is 13.1 Å². The van der Waals surface area contributed by atoms with Crippen LogP contribution in [-0.2, 0) is 14.8 Å². The van der Waals surface area contributed by atoms with E-state index in [2.05, 4.69) is 21.6 Å². The fourth-order valence-electron chi connectivity index (χ4n) is 3.72. The topological polar surface area (TPSA) is 90.5 Å². The summed E-state index contributed by atoms with van der Waals surface area (Å²) in [6.45, 7) is 1.12. The summed E-state index contributed by atoms with van der Waals surface area (Å²) in [4.78, 5) is 16.1. The molecule has 0 saturated carbocycles. The van der Waals surface area contributed by atoms with Crippen molar-refractivity contribution < 1.29 is 13.2 Å². The number of carbonyl (C=O) groups is 1. The third kappa shape index (κ3) is 4.28. The summed E-state index contributed by atoms with van der Waals surface area (Å²) in [7, 11) is -3.52. The molecule has 1 aromatic heterocycles. The van der Waals surface area contributed by atoms with Crippen LogP contribution in [0.5, 0.6) is 0 Å². The number of sulfonamides is 1. The van der Waals surface area contributed by atoms with Crippen LogP contribution in [0.4, 0.5) is 0 Å². The number of thiophene rings is 1. The maximum atomic E-state index is 12.8. The van der Waals surface area contributed by atoms with Gasteiger partial charge in [0.2, 0.25) is 15.9 Å². The van der Waals surface area contributed by atoms with Crippen molar-refractivity contribution in [2.45, 2.75) is 42.3 Å². The second-order valence-corrected chi connectivity index (χ2v) is 9.87. The Morgan fingerprint density at radius 3 is 2.50 bits per heavy atom. The molecule has 2 aliphatic rings. The quantitative estimate of drug-likeness (QED) is 0.684. The number of benzene rings is 1. The van der Waals surface area contributed by atoms with E-state index in [0.717, 1.165) is 6.42 Å². The lowest BCUT2D eigenvalue weighted by atomic mass is 10.0. The second-order valence-electron chi connectivity index (χ2n) is 7.18. The largest absolute Gasteiger partial charge is 0.341 e. The Hall–Kier alpha value is -1.78. The Kier molecular flexibility index (Phi) is 5.79. The van der Waals surface area contributed by atoms with Crippen molar-refractivity contribution in [3.05, 3.63) is 52.7 Å². The summed E-state index contributed by atoms with van der Waals surface area (Å²) >= 11 is 1.68. The molecular weight excluding hydrogens is 396 g/mol. The van der Waals surface area contributed by atoms with Gasteiger partial charge in [0.15, 0.2) is 0 Å². The lowest BCUT2D eigenvalue weighted by Crippen LogP contribution is -2.51. The number of rotatable bonds is 5. The first kappa shape index (κ1) is 19.5. The van der Waals surface area contributed by atoms with Crippen LogP contribution in [-0.4, -0.2) is 44.4 Å². The summed E-state index contributed by atoms with van der Waals surface area (Å²) in [6, 6.07) is 12.2. The molecule has 2 atom stereocenters. The van der Waals surface area contributed by atoms with Crippen molar-refractivity contribution in [1.29, 1.82) is 0 Å². The van der Waals surface area contributed by atoms with Crippen LogP contribution >= 0.6 is 11.3 Å². The van der Waals surface area contributed by atoms with E-state index in [0.29, 0.717) is 25.9 Å². The molecule has 9 heteroatoms. The fourth-order valence-corrected chi connectivity index (χ4v) is 5.84. The SMILES string of the molecule is O=C(C1CC(c2cccs2)NN1)N1CCC(NS(=O)(=O)c2ccccc2)CC1. The summed E-state index contributed by atoms with van der Waals surface area (Å²) in [5.74, 6) is 0.0796. The van der Waals surface area contributed by atoms with E-state index in [4.69, 9.17) is 0 Å². The normalized spacial score (nSPS) is 23.8. The van der Waals surface area contributed by atoms with Crippen LogP contribution in [0.25, 0.3) is 0 Å². The lowest BCUT2D eigenvalue weighted by Gasteiger charge is -2.33. The summed E-state index contributed by atoms with van der Waals surface area (Å²) in [6.07, 6.45) is 1.96. The molecule has 2 fully saturated rings. The zero-order valence-electron chi connectivity index (χ0n) is 15.4. The summed E-state index contributed by atoms with van der Waals surface area (Å²) in [5, 5.41) is 2.04. The van der Waals surface area contributed by atoms with Crippen molar-refractivity contribution in [3.8, 4) is 0 Å². The maximum Gasteiger partial charge on any atom is 0.241 e. The number of amides is 1. The maximum absolute atomic E-state index is 12.8. The molecule has 0 aliphatic carbocycles. The molecule has 3 heterocycles. The Bertz CT molecular complexity index is 895. The zero-order chi connectivity index (χ0) is 19.6. The third-order valence-corrected chi connectivity index (χ3v) is 7.79. The fraction of sp³-hybridized carbons (Fsp3) is 0.421. The van der Waals surface area contributed by atoms with Crippen LogP contribution in [0.3, 0.4) is 0 Å². The van der Waals surface area contributed by atoms with Crippen molar-refractivity contribution in [3.63, 3.8) is 0 Å². The van der Waals surface area contributed by atoms with Gasteiger partial charge in [0, 0.05) is 24.0 Å². The van der Waals surface area contributed by atoms with Gasteiger partial charge in [-0.15, -0.1) is 11.3 Å². The van der Waals surface area contributed by atoms with Crippen LogP contribution in [0.15, 0.2) is 52.7 Å². The number of hydrogen-bond acceptors (Lipinski definition) is 6. The molecule has 3 N–H and O–H groups in total. The first-order valence-electron chi connectivity index (χ1n) is 9.43. The first-order chi connectivity index (χ1) is 13.5. The molecule has 1 aromatic carbocycles. The highest BCUT2D eigenvalue weighted by Crippen LogP contribution is 2.27. The predicted molar refractivity (Wildman–Crippen MR) is 108 cm³/mol. The van der Waals surface area contributed by atoms with E-state index in [-0.39, 0.29) is 28.9 Å². The lowest BCUT2D eigenvalue weighted by molar-refractivity contribution is -0.134. The highest BCUT2D eigenvalue weighted by atomic mass is 32.2. The predicted octanol–water partition coefficient (Wildman–Crippen LogP) is 1.63. The van der Waals surface area contributed by atoms with Gasteiger partial charge in [0.25, 0.3) is 0 Å². The average molecular weight is 421 g/mol. The number of carbonyl (C=O) groups excluding carboxylic acids is 1. The van der Waals surface area contributed by atoms with Gasteiger partial charge in [-0.2, -0.15) is 0 Å². The van der Waals surface area contributed by atoms with Crippen LogP contribution < -0.4 is 15.6 Å². The number of hydrogen-bond donors (Lipinski definition) is 3. The molecular formula is C19H24N4O3S2. The van der Waals surface area contributed by atoms with Gasteiger partial charge in [-0.05, 0) is 42.8 Å². The highest BCUT2D eigenvalue weighted by molar-refractivity contribution is 7.89. The summed E-state index contributed by atoms with van der Waals surface area (Å²) < 4.78 is 27.7. The molecule has 0 spiro atoms. The van der Waals surface area contributed by atoms with Crippen LogP contribution in [0.2, 0.25) is 0 Å². The minimum Gasteiger partial charge on any atom is -0.341 e. The van der Waals surface area contributed by atoms with Crippen molar-refractivity contribution in [1.82, 2.24) is 20.5 Å². The Morgan fingerprint density at radius 2 is 1.82 bits per heavy atom. The molecule has 2 saturated heterocycles. The standard InChI is InChI=1S/C19H24N4O3S2/c24-19(17-13-16(20-21-17)18-7-4-12-27-18)23-10-8-14(9-11-23)22-28(25,26)15-5-2-1-3-6-15/h1-7,12,14,16-17,20-22H,8-11,13H2. The number of nitrogens with one attached hydrogen (secondary N) is 3. The molecule has 2 aromatic rings. The molecule has 4 rings (SSSR count). The van der Waals surface area contributed by atoms with Gasteiger partial charge in [0.1, 0.15) is 6.04 Å². The van der Waals surface area contributed by atoms with Gasteiger partial charge >= 0.3 is 0 Å². The van der Waals surface area contributed by atoms with Crippen LogP contribution in [0, 0.1) is 0 Å². The number of nitrogens with zero attached hydrogens (tertiary/aromatic N) is 1. The molecule has 2 aliphatic heterocycles. The van der Waals surface area contributed by atoms with Crippen molar-refractivity contribution in [2.24, 2.45) is 0 Å².